The van der Waals surface area contributed by atoms with E-state index >= 15 is 0 Å². The van der Waals surface area contributed by atoms with Crippen molar-refractivity contribution in [3.8, 4) is 0 Å². The van der Waals surface area contributed by atoms with Gasteiger partial charge in [0.1, 0.15) is 0 Å². The van der Waals surface area contributed by atoms with Crippen LogP contribution in [0.1, 0.15) is 12.8 Å². The predicted octanol–water partition coefficient (Wildman–Crippen LogP) is 2.32. The molecule has 0 bridgehead atoms. The molecule has 1 aromatic carbocycles. The quantitative estimate of drug-likeness (QED) is 0.859. The van der Waals surface area contributed by atoms with Gasteiger partial charge < -0.3 is 15.2 Å². The van der Waals surface area contributed by atoms with E-state index in [0.29, 0.717) is 5.95 Å². The summed E-state index contributed by atoms with van der Waals surface area (Å²) in [6.07, 6.45) is 2.66. The molecule has 2 N–H and O–H groups in total. The van der Waals surface area contributed by atoms with Gasteiger partial charge in [-0.05, 0) is 66.7 Å². The molecule has 1 aliphatic rings. The highest BCUT2D eigenvalue weighted by molar-refractivity contribution is 14.1. The summed E-state index contributed by atoms with van der Waals surface area (Å²) in [5.74, 6) is 0.631. The zero-order chi connectivity index (χ0) is 12.5. The smallest absolute Gasteiger partial charge is 0.201 e. The van der Waals surface area contributed by atoms with E-state index in [-0.39, 0.29) is 0 Å². The number of hydrogen-bond acceptors (Lipinski definition) is 3. The number of rotatable bonds is 3. The molecule has 0 atom stereocenters. The Labute approximate surface area is 120 Å². The van der Waals surface area contributed by atoms with E-state index in [1.165, 1.54) is 29.5 Å². The first-order valence-corrected chi connectivity index (χ1v) is 7.45. The third-order valence-electron chi connectivity index (χ3n) is 3.58. The van der Waals surface area contributed by atoms with Crippen molar-refractivity contribution in [3.63, 3.8) is 0 Å². The molecule has 0 radical (unpaired) electrons. The van der Waals surface area contributed by atoms with E-state index in [0.717, 1.165) is 24.1 Å². The summed E-state index contributed by atoms with van der Waals surface area (Å²) in [5, 5.41) is 0. The van der Waals surface area contributed by atoms with Crippen LogP contribution in [0.15, 0.2) is 18.2 Å². The first-order chi connectivity index (χ1) is 8.74. The summed E-state index contributed by atoms with van der Waals surface area (Å²) in [5.41, 5.74) is 8.17. The van der Waals surface area contributed by atoms with Crippen molar-refractivity contribution in [3.05, 3.63) is 21.8 Å². The summed E-state index contributed by atoms with van der Waals surface area (Å²) in [7, 11) is 0. The van der Waals surface area contributed by atoms with Gasteiger partial charge in [0.25, 0.3) is 0 Å². The minimum atomic E-state index is 0.631. The Bertz CT molecular complexity index is 557. The van der Waals surface area contributed by atoms with Crippen molar-refractivity contribution in [2.24, 2.45) is 0 Å². The van der Waals surface area contributed by atoms with Crippen molar-refractivity contribution >= 4 is 39.6 Å². The van der Waals surface area contributed by atoms with Crippen molar-refractivity contribution in [2.45, 2.75) is 19.4 Å². The molecule has 96 valence electrons. The number of nitrogens with two attached hydrogens (primary N) is 1. The second-order valence-corrected chi connectivity index (χ2v) is 6.05. The van der Waals surface area contributed by atoms with Gasteiger partial charge in [0, 0.05) is 16.7 Å². The highest BCUT2D eigenvalue weighted by Crippen LogP contribution is 2.20. The molecule has 18 heavy (non-hydrogen) atoms. The number of likely N-dealkylation sites (tertiary alicyclic amines) is 1. The molecular formula is C13H17IN4. The van der Waals surface area contributed by atoms with Crippen LogP contribution in [0.25, 0.3) is 11.0 Å². The molecule has 1 aromatic heterocycles. The van der Waals surface area contributed by atoms with Gasteiger partial charge in [0.15, 0.2) is 0 Å². The first kappa shape index (κ1) is 12.2. The lowest BCUT2D eigenvalue weighted by molar-refractivity contribution is 0.325. The highest BCUT2D eigenvalue weighted by Gasteiger charge is 2.13. The van der Waals surface area contributed by atoms with Crippen molar-refractivity contribution in [1.82, 2.24) is 14.5 Å². The zero-order valence-electron chi connectivity index (χ0n) is 10.3. The third-order valence-corrected chi connectivity index (χ3v) is 4.25. The number of nitrogen functional groups attached to an aromatic ring is 1. The molecule has 1 aliphatic heterocycles. The Kier molecular flexibility index (Phi) is 3.43. The number of hydrogen-bond donors (Lipinski definition) is 1. The van der Waals surface area contributed by atoms with E-state index in [9.17, 15) is 0 Å². The number of imidazole rings is 1. The summed E-state index contributed by atoms with van der Waals surface area (Å²) in [6, 6.07) is 6.30. The monoisotopic (exact) mass is 356 g/mol. The lowest BCUT2D eigenvalue weighted by Gasteiger charge is -2.15. The molecule has 5 heteroatoms. The Morgan fingerprint density at radius 2 is 2.00 bits per heavy atom. The van der Waals surface area contributed by atoms with Gasteiger partial charge in [-0.3, -0.25) is 0 Å². The lowest BCUT2D eigenvalue weighted by atomic mass is 10.3. The summed E-state index contributed by atoms with van der Waals surface area (Å²) >= 11 is 2.30. The van der Waals surface area contributed by atoms with E-state index < -0.39 is 0 Å². The van der Waals surface area contributed by atoms with Crippen LogP contribution in [0.3, 0.4) is 0 Å². The Morgan fingerprint density at radius 3 is 2.78 bits per heavy atom. The van der Waals surface area contributed by atoms with E-state index in [1.54, 1.807) is 0 Å². The maximum Gasteiger partial charge on any atom is 0.201 e. The van der Waals surface area contributed by atoms with Crippen LogP contribution in [0.2, 0.25) is 0 Å². The molecule has 3 rings (SSSR count). The fourth-order valence-electron chi connectivity index (χ4n) is 2.60. The number of aromatic nitrogens is 2. The third kappa shape index (κ3) is 2.33. The number of benzene rings is 1. The second-order valence-electron chi connectivity index (χ2n) is 4.80. The zero-order valence-corrected chi connectivity index (χ0v) is 12.4. The van der Waals surface area contributed by atoms with Crippen LogP contribution in [-0.4, -0.2) is 34.1 Å². The average molecular weight is 356 g/mol. The molecule has 0 unspecified atom stereocenters. The molecule has 0 amide bonds. The van der Waals surface area contributed by atoms with Crippen LogP contribution < -0.4 is 5.73 Å². The predicted molar refractivity (Wildman–Crippen MR) is 82.5 cm³/mol. The maximum absolute atomic E-state index is 6.02. The summed E-state index contributed by atoms with van der Waals surface area (Å²) in [4.78, 5) is 6.93. The van der Waals surface area contributed by atoms with Crippen LogP contribution in [0.4, 0.5) is 5.95 Å². The molecule has 0 spiro atoms. The number of halogens is 1. The Hall–Kier alpha value is -0.820. The molecule has 2 aromatic rings. The van der Waals surface area contributed by atoms with Gasteiger partial charge in [0.05, 0.1) is 11.0 Å². The minimum Gasteiger partial charge on any atom is -0.369 e. The molecule has 0 saturated carbocycles. The molecule has 2 heterocycles. The lowest BCUT2D eigenvalue weighted by Crippen LogP contribution is -2.24. The van der Waals surface area contributed by atoms with E-state index in [2.05, 4.69) is 55.2 Å². The van der Waals surface area contributed by atoms with Crippen LogP contribution in [-0.2, 0) is 6.54 Å². The SMILES string of the molecule is Nc1nc2cc(I)ccc2n1CCN1CCCC1. The van der Waals surface area contributed by atoms with Gasteiger partial charge in [-0.15, -0.1) is 0 Å². The van der Waals surface area contributed by atoms with Crippen LogP contribution >= 0.6 is 22.6 Å². The Balaban J connectivity index is 1.84. The molecule has 1 fully saturated rings. The first-order valence-electron chi connectivity index (χ1n) is 6.38. The summed E-state index contributed by atoms with van der Waals surface area (Å²) < 4.78 is 3.33. The maximum atomic E-state index is 6.02. The average Bonchev–Trinajstić information content (AvgIpc) is 2.93. The largest absolute Gasteiger partial charge is 0.369 e. The van der Waals surface area contributed by atoms with Gasteiger partial charge >= 0.3 is 0 Å². The highest BCUT2D eigenvalue weighted by atomic mass is 127. The van der Waals surface area contributed by atoms with Crippen molar-refractivity contribution in [2.75, 3.05) is 25.4 Å². The van der Waals surface area contributed by atoms with Gasteiger partial charge in [-0.25, -0.2) is 4.98 Å². The summed E-state index contributed by atoms with van der Waals surface area (Å²) in [6.45, 7) is 4.46. The van der Waals surface area contributed by atoms with Gasteiger partial charge in [-0.1, -0.05) is 0 Å². The number of nitrogens with zero attached hydrogens (tertiary/aromatic N) is 3. The van der Waals surface area contributed by atoms with Gasteiger partial charge in [-0.2, -0.15) is 0 Å². The fraction of sp³-hybridized carbons (Fsp3) is 0.462. The molecule has 4 nitrogen and oxygen atoms in total. The molecular weight excluding hydrogens is 339 g/mol. The minimum absolute atomic E-state index is 0.631. The van der Waals surface area contributed by atoms with Crippen molar-refractivity contribution < 1.29 is 0 Å². The normalized spacial score (nSPS) is 16.7. The molecule has 0 aliphatic carbocycles. The fourth-order valence-corrected chi connectivity index (χ4v) is 3.08. The van der Waals surface area contributed by atoms with E-state index in [1.807, 2.05) is 0 Å². The van der Waals surface area contributed by atoms with Crippen LogP contribution in [0, 0.1) is 3.57 Å². The van der Waals surface area contributed by atoms with Crippen LogP contribution in [0.5, 0.6) is 0 Å². The Morgan fingerprint density at radius 1 is 1.22 bits per heavy atom. The molecule has 1 saturated heterocycles. The van der Waals surface area contributed by atoms with Gasteiger partial charge in [0.2, 0.25) is 5.95 Å². The number of fused-ring (bicyclic) bond motifs is 1. The van der Waals surface area contributed by atoms with Crippen molar-refractivity contribution in [1.29, 1.82) is 0 Å². The number of anilines is 1. The standard InChI is InChI=1S/C13H17IN4/c14-10-3-4-12-11(9-10)16-13(15)18(12)8-7-17-5-1-2-6-17/h3-4,9H,1-2,5-8H2,(H2,15,16). The van der Waals surface area contributed by atoms with E-state index in [4.69, 9.17) is 5.73 Å². The second kappa shape index (κ2) is 5.05. The topological polar surface area (TPSA) is 47.1 Å².